The first-order valence-corrected chi connectivity index (χ1v) is 11.5. The molecule has 2 aliphatic heterocycles. The van der Waals surface area contributed by atoms with E-state index in [4.69, 9.17) is 18.7 Å². The average molecular weight is 493 g/mol. The van der Waals surface area contributed by atoms with Crippen molar-refractivity contribution in [3.8, 4) is 0 Å². The number of morpholine rings is 2. The molecule has 2 saturated heterocycles. The number of hydrogen-bond acceptors (Lipinski definition) is 12. The molecule has 0 aromatic rings. The summed E-state index contributed by atoms with van der Waals surface area (Å²) in [6, 6.07) is 0. The Labute approximate surface area is 182 Å². The Hall–Kier alpha value is -1.36. The summed E-state index contributed by atoms with van der Waals surface area (Å²) in [5.74, 6) is -3.50. The number of carbonyl (C=O) groups is 2. The van der Waals surface area contributed by atoms with Gasteiger partial charge in [-0.25, -0.2) is 19.3 Å². The normalized spacial score (nSPS) is 19.0. The summed E-state index contributed by atoms with van der Waals surface area (Å²) >= 11 is 0. The zero-order chi connectivity index (χ0) is 23.6. The van der Waals surface area contributed by atoms with Crippen molar-refractivity contribution in [2.45, 2.75) is 13.1 Å². The fraction of sp³-hybridized carbons (Fsp3) is 0.867. The second kappa shape index (κ2) is 12.8. The van der Waals surface area contributed by atoms with Crippen LogP contribution >= 0.6 is 7.60 Å². The quantitative estimate of drug-likeness (QED) is 0.221. The highest BCUT2D eigenvalue weighted by Gasteiger charge is 2.46. The van der Waals surface area contributed by atoms with Crippen molar-refractivity contribution in [3.63, 3.8) is 0 Å². The number of esters is 1. The topological polar surface area (TPSA) is 131 Å². The molecule has 0 radical (unpaired) electrons. The van der Waals surface area contributed by atoms with Gasteiger partial charge in [-0.05, 0) is 6.92 Å². The molecule has 0 saturated carbocycles. The molecule has 1 amide bonds. The number of rotatable bonds is 11. The SMILES string of the molecule is CCOC(=O)CN(CP(=O)(ONN1CCOCC1)ONN1CCOCC1)C(=O)C(F)(F)F. The first-order chi connectivity index (χ1) is 15.1. The second-order valence-corrected chi connectivity index (χ2v) is 8.49. The van der Waals surface area contributed by atoms with Crippen LogP contribution in [0.5, 0.6) is 0 Å². The summed E-state index contributed by atoms with van der Waals surface area (Å²) in [4.78, 5) is 23.6. The smallest absolute Gasteiger partial charge is 0.465 e. The maximum Gasteiger partial charge on any atom is 0.471 e. The van der Waals surface area contributed by atoms with E-state index in [1.807, 2.05) is 0 Å². The van der Waals surface area contributed by atoms with E-state index in [0.717, 1.165) is 0 Å². The van der Waals surface area contributed by atoms with Gasteiger partial charge in [0.05, 0.1) is 33.0 Å². The number of nitrogens with one attached hydrogen (secondary N) is 2. The molecule has 32 heavy (non-hydrogen) atoms. The molecule has 2 aliphatic rings. The molecule has 2 fully saturated rings. The van der Waals surface area contributed by atoms with Gasteiger partial charge >= 0.3 is 25.6 Å². The van der Waals surface area contributed by atoms with Gasteiger partial charge in [-0.1, -0.05) is 0 Å². The predicted molar refractivity (Wildman–Crippen MR) is 100 cm³/mol. The van der Waals surface area contributed by atoms with Crippen LogP contribution in [0.3, 0.4) is 0 Å². The fourth-order valence-corrected chi connectivity index (χ4v) is 3.84. The minimum Gasteiger partial charge on any atom is -0.465 e. The molecule has 186 valence electrons. The lowest BCUT2D eigenvalue weighted by Gasteiger charge is -2.32. The number of carbonyl (C=O) groups excluding carboxylic acids is 2. The maximum absolute atomic E-state index is 13.3. The number of alkyl halides is 3. The van der Waals surface area contributed by atoms with Crippen LogP contribution in [0.15, 0.2) is 0 Å². The number of amides is 1. The largest absolute Gasteiger partial charge is 0.471 e. The molecule has 2 N–H and O–H groups in total. The number of ether oxygens (including phenoxy) is 3. The molecular weight excluding hydrogens is 466 g/mol. The Bertz CT molecular complexity index is 635. The van der Waals surface area contributed by atoms with Gasteiger partial charge in [-0.2, -0.15) is 13.2 Å². The molecule has 0 spiro atoms. The Morgan fingerprint density at radius 2 is 1.47 bits per heavy atom. The molecule has 0 aromatic heterocycles. The van der Waals surface area contributed by atoms with E-state index in [2.05, 4.69) is 15.9 Å². The van der Waals surface area contributed by atoms with Crippen LogP contribution in [-0.2, 0) is 37.6 Å². The summed E-state index contributed by atoms with van der Waals surface area (Å²) in [5, 5.41) is 2.94. The summed E-state index contributed by atoms with van der Waals surface area (Å²) in [7, 11) is -4.50. The monoisotopic (exact) mass is 493 g/mol. The summed E-state index contributed by atoms with van der Waals surface area (Å²) in [6.45, 7) is 2.95. The van der Waals surface area contributed by atoms with Gasteiger partial charge in [0.2, 0.25) is 0 Å². The van der Waals surface area contributed by atoms with E-state index < -0.39 is 38.5 Å². The van der Waals surface area contributed by atoms with Crippen LogP contribution in [0.1, 0.15) is 6.92 Å². The molecule has 17 heteroatoms. The van der Waals surface area contributed by atoms with Crippen molar-refractivity contribution in [2.24, 2.45) is 0 Å². The third kappa shape index (κ3) is 9.25. The van der Waals surface area contributed by atoms with Crippen molar-refractivity contribution in [2.75, 3.05) is 72.0 Å². The van der Waals surface area contributed by atoms with E-state index in [-0.39, 0.29) is 11.5 Å². The van der Waals surface area contributed by atoms with Crippen molar-refractivity contribution < 1.29 is 50.8 Å². The molecular formula is C15H27F3N5O8P. The zero-order valence-corrected chi connectivity index (χ0v) is 18.4. The lowest BCUT2D eigenvalue weighted by Crippen LogP contribution is -2.49. The van der Waals surface area contributed by atoms with Gasteiger partial charge in [0.1, 0.15) is 12.8 Å². The third-order valence-electron chi connectivity index (χ3n) is 4.14. The van der Waals surface area contributed by atoms with E-state index >= 15 is 0 Å². The Kier molecular flexibility index (Phi) is 10.7. The molecule has 0 atom stereocenters. The standard InChI is InChI=1S/C15H27F3N5O8P/c1-2-29-13(24)11-21(14(25)15(16,17)18)12-32(26,30-19-22-3-7-27-8-4-22)31-20-23-5-9-28-10-6-23/h19-20H,2-12H2,1H3. The van der Waals surface area contributed by atoms with E-state index in [1.54, 1.807) is 0 Å². The highest BCUT2D eigenvalue weighted by molar-refractivity contribution is 7.53. The number of hydrazine groups is 2. The highest BCUT2D eigenvalue weighted by Crippen LogP contribution is 2.47. The van der Waals surface area contributed by atoms with Crippen LogP contribution in [0, 0.1) is 0 Å². The Balaban J connectivity index is 2.13. The van der Waals surface area contributed by atoms with E-state index in [1.165, 1.54) is 16.9 Å². The van der Waals surface area contributed by atoms with Crippen LogP contribution in [-0.4, -0.2) is 105 Å². The maximum atomic E-state index is 13.3. The summed E-state index contributed by atoms with van der Waals surface area (Å²) in [5.41, 5.74) is 4.72. The summed E-state index contributed by atoms with van der Waals surface area (Å²) < 4.78 is 77.7. The van der Waals surface area contributed by atoms with Crippen molar-refractivity contribution >= 4 is 19.5 Å². The molecule has 0 bridgehead atoms. The predicted octanol–water partition coefficient (Wildman–Crippen LogP) is -0.372. The lowest BCUT2D eigenvalue weighted by molar-refractivity contribution is -0.186. The van der Waals surface area contributed by atoms with Gasteiger partial charge in [-0.15, -0.1) is 11.2 Å². The highest BCUT2D eigenvalue weighted by atomic mass is 31.2. The number of hydrogen-bond donors (Lipinski definition) is 2. The van der Waals surface area contributed by atoms with Crippen molar-refractivity contribution in [3.05, 3.63) is 0 Å². The van der Waals surface area contributed by atoms with Crippen LogP contribution in [0.4, 0.5) is 13.2 Å². The van der Waals surface area contributed by atoms with E-state index in [0.29, 0.717) is 52.6 Å². The number of halogens is 3. The van der Waals surface area contributed by atoms with Gasteiger partial charge in [0, 0.05) is 26.2 Å². The molecule has 0 aliphatic carbocycles. The minimum atomic E-state index is -5.33. The number of nitrogens with zero attached hydrogens (tertiary/aromatic N) is 3. The fourth-order valence-electron chi connectivity index (χ4n) is 2.56. The van der Waals surface area contributed by atoms with Gasteiger partial charge in [0.25, 0.3) is 0 Å². The zero-order valence-electron chi connectivity index (χ0n) is 17.5. The first-order valence-electron chi connectivity index (χ1n) is 9.77. The molecule has 0 unspecified atom stereocenters. The van der Waals surface area contributed by atoms with Crippen LogP contribution in [0.25, 0.3) is 0 Å². The van der Waals surface area contributed by atoms with Gasteiger partial charge in [0.15, 0.2) is 0 Å². The Morgan fingerprint density at radius 3 is 1.88 bits per heavy atom. The van der Waals surface area contributed by atoms with Gasteiger partial charge < -0.3 is 19.1 Å². The van der Waals surface area contributed by atoms with Crippen LogP contribution < -0.4 is 11.2 Å². The van der Waals surface area contributed by atoms with Crippen molar-refractivity contribution in [1.29, 1.82) is 0 Å². The molecule has 2 heterocycles. The summed E-state index contributed by atoms with van der Waals surface area (Å²) in [6.07, 6.45) is -6.51. The van der Waals surface area contributed by atoms with Crippen LogP contribution in [0.2, 0.25) is 0 Å². The molecule has 2 rings (SSSR count). The molecule has 13 nitrogen and oxygen atoms in total. The second-order valence-electron chi connectivity index (χ2n) is 6.62. The average Bonchev–Trinajstić information content (AvgIpc) is 2.76. The lowest BCUT2D eigenvalue weighted by atomic mass is 10.5. The third-order valence-corrected chi connectivity index (χ3v) is 5.55. The molecule has 0 aromatic carbocycles. The van der Waals surface area contributed by atoms with Gasteiger partial charge in [-0.3, -0.25) is 14.2 Å². The first kappa shape index (κ1) is 26.9. The Morgan fingerprint density at radius 1 is 1.00 bits per heavy atom. The van der Waals surface area contributed by atoms with E-state index in [9.17, 15) is 27.3 Å². The van der Waals surface area contributed by atoms with Crippen molar-refractivity contribution in [1.82, 2.24) is 26.1 Å². The minimum absolute atomic E-state index is 0.0146.